The first-order valence-corrected chi connectivity index (χ1v) is 25.9. The summed E-state index contributed by atoms with van der Waals surface area (Å²) in [5, 5.41) is 10.5. The standard InChI is InChI=1S/C8H5F5.C8H6F4.C8H8F3NO.C8H9F2NO.C7H6F3NO.C7H7F2NO.C6H5F3N2O.C6H6F2N2O/c1-4-2-3-5(9)7(10)6(4)8(11,12)13;1-5-2-3-6(9)4-7(5)8(10,11)12;1-5-4-12(2)7(13)3-6(5)8(9,10)11;1-5-4-11(2)7(12)3-6(5)8(9)10;1-4-3-11-6(12)2-5(4)7(8,9)10;1-4-3-10-6(11)2-5(4)7(8)9;1-3-4(6(7,8)9)2-5(12)11-10-3;1-3-4(6(7)8)2-5(11)10-9-3/h2-3H,1H3;2-4H,1H3;3-4H,1-2H3;3-4,8H,1-2H3;2-3H,1H3,(H,11,12);2-3,7H,1H3,(H,10,11);2H,1H3,(H,11,12);2,6H,1H3,(H,10,11). The smallest absolute Gasteiger partial charge is 0.329 e. The van der Waals surface area contributed by atoms with Gasteiger partial charge >= 0.3 is 30.9 Å². The highest BCUT2D eigenvalue weighted by molar-refractivity contribution is 5.32. The summed E-state index contributed by atoms with van der Waals surface area (Å²) in [5.74, 6) is -4.20. The van der Waals surface area contributed by atoms with Crippen LogP contribution in [-0.4, -0.2) is 39.5 Å². The summed E-state index contributed by atoms with van der Waals surface area (Å²) < 4.78 is 294. The van der Waals surface area contributed by atoms with E-state index in [9.17, 15) is 134 Å². The number of aromatic nitrogens is 8. The minimum absolute atomic E-state index is 0.0158. The molecule has 0 spiro atoms. The molecule has 8 aromatic rings. The molecule has 0 fully saturated rings. The Bertz CT molecular complexity index is 4120. The van der Waals surface area contributed by atoms with E-state index in [0.29, 0.717) is 41.5 Å². The maximum Gasteiger partial charge on any atom is 0.419 e. The van der Waals surface area contributed by atoms with E-state index in [-0.39, 0.29) is 50.3 Å². The molecule has 38 heteroatoms. The van der Waals surface area contributed by atoms with Crippen LogP contribution in [0.3, 0.4) is 0 Å². The Kier molecular flexibility index (Phi) is 30.9. The van der Waals surface area contributed by atoms with Gasteiger partial charge in [-0.15, -0.1) is 0 Å². The Morgan fingerprint density at radius 1 is 0.375 bits per heavy atom. The van der Waals surface area contributed by atoms with Gasteiger partial charge in [-0.3, -0.25) is 28.8 Å². The summed E-state index contributed by atoms with van der Waals surface area (Å²) in [4.78, 5) is 68.3. The van der Waals surface area contributed by atoms with Crippen molar-refractivity contribution in [2.75, 3.05) is 0 Å². The first kappa shape index (κ1) is 84.3. The molecule has 0 unspecified atom stereocenters. The van der Waals surface area contributed by atoms with Crippen LogP contribution in [0.25, 0.3) is 0 Å². The van der Waals surface area contributed by atoms with Crippen LogP contribution < -0.4 is 33.4 Å². The Morgan fingerprint density at radius 3 is 1.16 bits per heavy atom. The molecule has 2 aromatic carbocycles. The van der Waals surface area contributed by atoms with Crippen molar-refractivity contribution < 1.29 is 105 Å². The molecule has 0 saturated heterocycles. The minimum Gasteiger partial charge on any atom is -0.329 e. The van der Waals surface area contributed by atoms with Crippen molar-refractivity contribution in [1.29, 1.82) is 0 Å². The topological polar surface area (TPSA) is 201 Å². The van der Waals surface area contributed by atoms with Gasteiger partial charge in [0.05, 0.1) is 39.2 Å². The highest BCUT2D eigenvalue weighted by Gasteiger charge is 2.38. The Morgan fingerprint density at radius 2 is 0.750 bits per heavy atom. The van der Waals surface area contributed by atoms with Crippen LogP contribution in [0.4, 0.5) is 105 Å². The SMILES string of the molecule is Cc1c[nH]c(=O)cc1C(F)(F)F.Cc1c[nH]c(=O)cc1C(F)F.Cc1ccc(F)c(F)c1C(F)(F)F.Cc1ccc(F)cc1C(F)(F)F.Cc1cn(C)c(=O)cc1C(F)(F)F.Cc1cn(C)c(=O)cc1C(F)F.Cc1n[nH]c(=O)cc1C(F)(F)F.Cc1n[nH]c(=O)cc1C(F)F. The van der Waals surface area contributed by atoms with Gasteiger partial charge in [0, 0.05) is 92.0 Å². The molecule has 96 heavy (non-hydrogen) atoms. The zero-order chi connectivity index (χ0) is 74.7. The van der Waals surface area contributed by atoms with Crippen LogP contribution in [0, 0.1) is 72.8 Å². The lowest BCUT2D eigenvalue weighted by molar-refractivity contribution is -0.141. The second-order valence-corrected chi connectivity index (χ2v) is 19.4. The van der Waals surface area contributed by atoms with Crippen molar-refractivity contribution >= 4 is 0 Å². The normalized spacial score (nSPS) is 11.3. The lowest BCUT2D eigenvalue weighted by Crippen LogP contribution is -2.20. The number of aromatic amines is 4. The van der Waals surface area contributed by atoms with Crippen molar-refractivity contribution in [3.05, 3.63) is 260 Å². The molecule has 528 valence electrons. The molecule has 6 heterocycles. The van der Waals surface area contributed by atoms with E-state index in [2.05, 4.69) is 25.3 Å². The molecule has 14 nitrogen and oxygen atoms in total. The lowest BCUT2D eigenvalue weighted by Gasteiger charge is -2.10. The third kappa shape index (κ3) is 27.3. The third-order valence-electron chi connectivity index (χ3n) is 12.0. The van der Waals surface area contributed by atoms with Gasteiger partial charge in [-0.05, 0) is 107 Å². The first-order valence-electron chi connectivity index (χ1n) is 25.9. The maximum absolute atomic E-state index is 12.7. The van der Waals surface area contributed by atoms with Crippen LogP contribution in [0.1, 0.15) is 109 Å². The molecule has 6 aromatic heterocycles. The zero-order valence-corrected chi connectivity index (χ0v) is 50.7. The third-order valence-corrected chi connectivity index (χ3v) is 12.0. The number of nitrogens with one attached hydrogen (secondary N) is 4. The first-order chi connectivity index (χ1) is 43.6. The van der Waals surface area contributed by atoms with Crippen LogP contribution in [-0.2, 0) is 45.0 Å². The monoisotopic (exact) mass is 1410 g/mol. The number of H-pyrrole nitrogens is 4. The van der Waals surface area contributed by atoms with Gasteiger partial charge in [-0.1, -0.05) is 12.1 Å². The van der Waals surface area contributed by atoms with Crippen molar-refractivity contribution in [2.24, 2.45) is 14.1 Å². The fourth-order valence-electron chi connectivity index (χ4n) is 7.08. The molecule has 0 bridgehead atoms. The van der Waals surface area contributed by atoms with Gasteiger partial charge in [0.2, 0.25) is 11.1 Å². The van der Waals surface area contributed by atoms with Gasteiger partial charge < -0.3 is 19.1 Å². The molecule has 0 radical (unpaired) electrons. The predicted octanol–water partition coefficient (Wildman–Crippen LogP) is 15.2. The summed E-state index contributed by atoms with van der Waals surface area (Å²) in [6.07, 6.45) is -25.6. The molecule has 0 aliphatic carbocycles. The molecular weight excluding hydrogens is 1360 g/mol. The number of hydrogen-bond acceptors (Lipinski definition) is 8. The van der Waals surface area contributed by atoms with Crippen molar-refractivity contribution in [2.45, 2.75) is 106 Å². The summed E-state index contributed by atoms with van der Waals surface area (Å²) in [7, 11) is 2.94. The number of nitrogens with zero attached hydrogens (tertiary/aromatic N) is 4. The molecular formula is C58H52F24N8O6. The number of alkyl halides is 21. The van der Waals surface area contributed by atoms with E-state index in [4.69, 9.17) is 0 Å². The number of benzene rings is 2. The Labute approximate surface area is 523 Å². The fourth-order valence-corrected chi connectivity index (χ4v) is 7.08. The Hall–Kier alpha value is -9.68. The predicted molar refractivity (Wildman–Crippen MR) is 298 cm³/mol. The number of rotatable bonds is 3. The van der Waals surface area contributed by atoms with Gasteiger partial charge in [-0.25, -0.2) is 49.7 Å². The van der Waals surface area contributed by atoms with Crippen LogP contribution >= 0.6 is 0 Å². The minimum atomic E-state index is -4.85. The summed E-state index contributed by atoms with van der Waals surface area (Å²) >= 11 is 0. The van der Waals surface area contributed by atoms with E-state index in [1.165, 1.54) is 78.8 Å². The largest absolute Gasteiger partial charge is 0.419 e. The van der Waals surface area contributed by atoms with Crippen LogP contribution in [0.15, 0.2) is 120 Å². The van der Waals surface area contributed by atoms with E-state index >= 15 is 0 Å². The van der Waals surface area contributed by atoms with E-state index < -0.39 is 129 Å². The van der Waals surface area contributed by atoms with Gasteiger partial charge in [0.25, 0.3) is 41.5 Å². The van der Waals surface area contributed by atoms with Gasteiger partial charge in [0.15, 0.2) is 11.6 Å². The zero-order valence-electron chi connectivity index (χ0n) is 50.7. The van der Waals surface area contributed by atoms with E-state index in [0.717, 1.165) is 54.1 Å². The van der Waals surface area contributed by atoms with Gasteiger partial charge in [0.1, 0.15) is 5.82 Å². The molecule has 0 aliphatic rings. The molecule has 4 N–H and O–H groups in total. The second-order valence-electron chi connectivity index (χ2n) is 19.4. The lowest BCUT2D eigenvalue weighted by atomic mass is 10.1. The van der Waals surface area contributed by atoms with Crippen molar-refractivity contribution in [1.82, 2.24) is 39.5 Å². The summed E-state index contributed by atoms with van der Waals surface area (Å²) in [6.45, 7) is 10.7. The molecule has 0 amide bonds. The highest BCUT2D eigenvalue weighted by Crippen LogP contribution is 2.36. The average Bonchev–Trinajstić information content (AvgIpc) is 0.823. The Balaban J connectivity index is 0.000000549. The number of aryl methyl sites for hydroxylation is 10. The highest BCUT2D eigenvalue weighted by atomic mass is 19.4. The van der Waals surface area contributed by atoms with Crippen molar-refractivity contribution in [3.63, 3.8) is 0 Å². The molecule has 8 rings (SSSR count). The fraction of sp³-hybridized carbons (Fsp3) is 0.310. The molecule has 0 aliphatic heterocycles. The molecule has 0 saturated carbocycles. The van der Waals surface area contributed by atoms with E-state index in [1.807, 2.05) is 5.10 Å². The summed E-state index contributed by atoms with van der Waals surface area (Å²) in [5.41, 5.74) is -9.12. The maximum atomic E-state index is 12.7. The van der Waals surface area contributed by atoms with Crippen LogP contribution in [0.2, 0.25) is 0 Å². The van der Waals surface area contributed by atoms with E-state index in [1.54, 1.807) is 6.92 Å². The number of hydrogen-bond donors (Lipinski definition) is 4. The van der Waals surface area contributed by atoms with Gasteiger partial charge in [-0.2, -0.15) is 76.1 Å². The second kappa shape index (κ2) is 35.2. The number of halogens is 24. The van der Waals surface area contributed by atoms with Crippen LogP contribution in [0.5, 0.6) is 0 Å². The average molecular weight is 1410 g/mol. The summed E-state index contributed by atoms with van der Waals surface area (Å²) in [6, 6.07) is 8.55. The quantitative estimate of drug-likeness (QED) is 0.125. The van der Waals surface area contributed by atoms with Crippen molar-refractivity contribution in [3.8, 4) is 0 Å². The number of pyridine rings is 4. The molecule has 0 atom stereocenters.